The molecule has 0 spiro atoms. The molecule has 0 radical (unpaired) electrons. The van der Waals surface area contributed by atoms with E-state index in [1.165, 1.54) is 24.3 Å². The fourth-order valence-electron chi connectivity index (χ4n) is 2.04. The second kappa shape index (κ2) is 7.14. The number of amides is 1. The lowest BCUT2D eigenvalue weighted by Gasteiger charge is -2.25. The average molecular weight is 347 g/mol. The van der Waals surface area contributed by atoms with Crippen LogP contribution in [0.4, 0.5) is 10.1 Å². The molecule has 3 N–H and O–H groups in total. The summed E-state index contributed by atoms with van der Waals surface area (Å²) in [7, 11) is 0. The van der Waals surface area contributed by atoms with Gasteiger partial charge in [-0.2, -0.15) is 0 Å². The first-order chi connectivity index (χ1) is 11.6. The molecule has 0 fully saturated rings. The molecular formula is C16H14FN3O3S. The zero-order valence-electron chi connectivity index (χ0n) is 12.4. The lowest BCUT2D eigenvalue weighted by atomic mass is 10.2. The molecule has 2 aromatic carbocycles. The van der Waals surface area contributed by atoms with Crippen LogP contribution in [-0.4, -0.2) is 23.7 Å². The van der Waals surface area contributed by atoms with E-state index in [0.717, 1.165) is 0 Å². The van der Waals surface area contributed by atoms with Crippen LogP contribution in [0.5, 0.6) is 11.5 Å². The van der Waals surface area contributed by atoms with E-state index in [1.807, 2.05) is 6.07 Å². The van der Waals surface area contributed by atoms with Crippen molar-refractivity contribution in [2.45, 2.75) is 6.10 Å². The maximum Gasteiger partial charge on any atom is 0.283 e. The Morgan fingerprint density at radius 1 is 1.08 bits per heavy atom. The van der Waals surface area contributed by atoms with Crippen LogP contribution >= 0.6 is 12.2 Å². The zero-order valence-corrected chi connectivity index (χ0v) is 13.2. The topological polar surface area (TPSA) is 71.6 Å². The highest BCUT2D eigenvalue weighted by molar-refractivity contribution is 7.80. The molecule has 0 saturated carbocycles. The number of rotatable bonds is 2. The van der Waals surface area contributed by atoms with Gasteiger partial charge in [-0.3, -0.25) is 15.6 Å². The molecule has 6 nitrogen and oxygen atoms in total. The summed E-state index contributed by atoms with van der Waals surface area (Å²) < 4.78 is 23.9. The number of thiocarbonyl (C=S) groups is 1. The van der Waals surface area contributed by atoms with Gasteiger partial charge in [-0.25, -0.2) is 4.39 Å². The molecular weight excluding hydrogens is 333 g/mol. The number of hydrogen-bond acceptors (Lipinski definition) is 4. The van der Waals surface area contributed by atoms with Gasteiger partial charge in [0.15, 0.2) is 16.6 Å². The van der Waals surface area contributed by atoms with Gasteiger partial charge in [0.25, 0.3) is 5.91 Å². The Morgan fingerprint density at radius 2 is 1.79 bits per heavy atom. The maximum absolute atomic E-state index is 12.8. The van der Waals surface area contributed by atoms with E-state index in [2.05, 4.69) is 16.2 Å². The van der Waals surface area contributed by atoms with Crippen LogP contribution in [0.2, 0.25) is 0 Å². The summed E-state index contributed by atoms with van der Waals surface area (Å²) in [6.45, 7) is 0.0999. The Kier molecular flexibility index (Phi) is 4.76. The Bertz CT molecular complexity index is 754. The van der Waals surface area contributed by atoms with Crippen molar-refractivity contribution < 1.29 is 18.7 Å². The van der Waals surface area contributed by atoms with E-state index in [4.69, 9.17) is 21.7 Å². The number of hydrogen-bond donors (Lipinski definition) is 3. The summed E-state index contributed by atoms with van der Waals surface area (Å²) in [6.07, 6.45) is -0.791. The minimum Gasteiger partial charge on any atom is -0.485 e. The summed E-state index contributed by atoms with van der Waals surface area (Å²) in [6, 6.07) is 12.8. The molecule has 1 atom stereocenters. The smallest absolute Gasteiger partial charge is 0.283 e. The molecule has 124 valence electrons. The molecule has 1 aliphatic rings. The van der Waals surface area contributed by atoms with Gasteiger partial charge >= 0.3 is 0 Å². The third-order valence-corrected chi connectivity index (χ3v) is 3.41. The van der Waals surface area contributed by atoms with Crippen LogP contribution in [0.25, 0.3) is 0 Å². The molecule has 3 rings (SSSR count). The van der Waals surface area contributed by atoms with Crippen molar-refractivity contribution in [1.29, 1.82) is 0 Å². The van der Waals surface area contributed by atoms with Gasteiger partial charge < -0.3 is 14.8 Å². The van der Waals surface area contributed by atoms with Crippen LogP contribution in [-0.2, 0) is 4.79 Å². The molecule has 1 aliphatic heterocycles. The third kappa shape index (κ3) is 3.90. The monoisotopic (exact) mass is 347 g/mol. The molecule has 0 saturated heterocycles. The molecule has 0 aliphatic carbocycles. The fourth-order valence-corrected chi connectivity index (χ4v) is 2.21. The first kappa shape index (κ1) is 16.0. The Hall–Kier alpha value is -2.87. The van der Waals surface area contributed by atoms with E-state index in [1.54, 1.807) is 18.2 Å². The molecule has 1 amide bonds. The van der Waals surface area contributed by atoms with Crippen LogP contribution in [0, 0.1) is 5.82 Å². The number of anilines is 1. The van der Waals surface area contributed by atoms with E-state index in [9.17, 15) is 9.18 Å². The SMILES string of the molecule is O=C(NNC(=S)Nc1ccc(F)cc1)C1COc2ccccc2O1. The van der Waals surface area contributed by atoms with Crippen molar-refractivity contribution in [1.82, 2.24) is 10.9 Å². The van der Waals surface area contributed by atoms with Crippen LogP contribution in [0.1, 0.15) is 0 Å². The highest BCUT2D eigenvalue weighted by Crippen LogP contribution is 2.30. The first-order valence-electron chi connectivity index (χ1n) is 7.13. The zero-order chi connectivity index (χ0) is 16.9. The number of para-hydroxylation sites is 2. The van der Waals surface area contributed by atoms with Crippen LogP contribution in [0.15, 0.2) is 48.5 Å². The minimum atomic E-state index is -0.791. The number of fused-ring (bicyclic) bond motifs is 1. The predicted octanol–water partition coefficient (Wildman–Crippen LogP) is 1.98. The summed E-state index contributed by atoms with van der Waals surface area (Å²) in [5, 5.41) is 2.97. The molecule has 2 aromatic rings. The molecule has 0 aromatic heterocycles. The number of carbonyl (C=O) groups is 1. The lowest BCUT2D eigenvalue weighted by Crippen LogP contribution is -2.51. The number of nitrogens with one attached hydrogen (secondary N) is 3. The second-order valence-corrected chi connectivity index (χ2v) is 5.35. The Morgan fingerprint density at radius 3 is 2.54 bits per heavy atom. The van der Waals surface area contributed by atoms with E-state index < -0.39 is 12.0 Å². The number of carbonyl (C=O) groups excluding carboxylic acids is 1. The first-order valence-corrected chi connectivity index (χ1v) is 7.53. The predicted molar refractivity (Wildman–Crippen MR) is 90.3 cm³/mol. The van der Waals surface area contributed by atoms with Crippen molar-refractivity contribution in [2.24, 2.45) is 0 Å². The number of hydrazine groups is 1. The summed E-state index contributed by atoms with van der Waals surface area (Å²) in [5.74, 6) is 0.342. The van der Waals surface area contributed by atoms with Gasteiger partial charge in [-0.1, -0.05) is 12.1 Å². The summed E-state index contributed by atoms with van der Waals surface area (Å²) in [4.78, 5) is 12.1. The van der Waals surface area contributed by atoms with E-state index in [-0.39, 0.29) is 17.5 Å². The molecule has 1 heterocycles. The van der Waals surface area contributed by atoms with Crippen molar-refractivity contribution >= 4 is 28.9 Å². The van der Waals surface area contributed by atoms with Gasteiger partial charge in [0.05, 0.1) is 0 Å². The Labute approximate surface area is 142 Å². The number of ether oxygens (including phenoxy) is 2. The lowest BCUT2D eigenvalue weighted by molar-refractivity contribution is -0.130. The van der Waals surface area contributed by atoms with Crippen LogP contribution < -0.4 is 25.6 Å². The normalized spacial score (nSPS) is 15.3. The Balaban J connectivity index is 1.49. The standard InChI is InChI=1S/C16H14FN3O3S/c17-10-5-7-11(8-6-10)18-16(24)20-19-15(21)14-9-22-12-3-1-2-4-13(12)23-14/h1-8,14H,9H2,(H,19,21)(H2,18,20,24). The highest BCUT2D eigenvalue weighted by atomic mass is 32.1. The minimum absolute atomic E-state index is 0.0999. The van der Waals surface area contributed by atoms with Crippen molar-refractivity contribution in [3.8, 4) is 11.5 Å². The fraction of sp³-hybridized carbons (Fsp3) is 0.125. The van der Waals surface area contributed by atoms with Gasteiger partial charge in [-0.05, 0) is 48.6 Å². The maximum atomic E-state index is 12.8. The number of halogens is 1. The largest absolute Gasteiger partial charge is 0.485 e. The quantitative estimate of drug-likeness (QED) is 0.570. The third-order valence-electron chi connectivity index (χ3n) is 3.20. The summed E-state index contributed by atoms with van der Waals surface area (Å²) in [5.41, 5.74) is 5.59. The highest BCUT2D eigenvalue weighted by Gasteiger charge is 2.27. The van der Waals surface area contributed by atoms with E-state index in [0.29, 0.717) is 17.2 Å². The van der Waals surface area contributed by atoms with Gasteiger partial charge in [-0.15, -0.1) is 0 Å². The van der Waals surface area contributed by atoms with Gasteiger partial charge in [0.2, 0.25) is 6.10 Å². The molecule has 24 heavy (non-hydrogen) atoms. The van der Waals surface area contributed by atoms with E-state index >= 15 is 0 Å². The van der Waals surface area contributed by atoms with Gasteiger partial charge in [0, 0.05) is 5.69 Å². The van der Waals surface area contributed by atoms with Crippen molar-refractivity contribution in [3.05, 3.63) is 54.3 Å². The number of benzene rings is 2. The summed E-state index contributed by atoms with van der Waals surface area (Å²) >= 11 is 5.05. The van der Waals surface area contributed by atoms with Crippen LogP contribution in [0.3, 0.4) is 0 Å². The van der Waals surface area contributed by atoms with Crippen molar-refractivity contribution in [2.75, 3.05) is 11.9 Å². The average Bonchev–Trinajstić information content (AvgIpc) is 2.61. The van der Waals surface area contributed by atoms with Crippen molar-refractivity contribution in [3.63, 3.8) is 0 Å². The second-order valence-electron chi connectivity index (χ2n) is 4.94. The molecule has 0 bridgehead atoms. The molecule has 1 unspecified atom stereocenters. The molecule has 8 heteroatoms. The van der Waals surface area contributed by atoms with Gasteiger partial charge in [0.1, 0.15) is 12.4 Å².